The van der Waals surface area contributed by atoms with Gasteiger partial charge in [-0.2, -0.15) is 0 Å². The van der Waals surface area contributed by atoms with Gasteiger partial charge < -0.3 is 10.2 Å². The van der Waals surface area contributed by atoms with Crippen molar-refractivity contribution in [3.8, 4) is 0 Å². The van der Waals surface area contributed by atoms with Crippen molar-refractivity contribution in [2.75, 3.05) is 20.6 Å². The maximum Gasteiger partial charge on any atom is 0.0587 e. The summed E-state index contributed by atoms with van der Waals surface area (Å²) in [6.45, 7) is 6.15. The molecule has 0 aliphatic heterocycles. The van der Waals surface area contributed by atoms with E-state index in [-0.39, 0.29) is 0 Å². The normalized spacial score (nSPS) is 13.5. The number of likely N-dealkylation sites (N-methyl/N-ethyl adjacent to an activating group) is 1. The molecule has 0 saturated heterocycles. The highest BCUT2D eigenvalue weighted by Gasteiger charge is 2.08. The van der Waals surface area contributed by atoms with Crippen LogP contribution in [-0.2, 0) is 6.54 Å². The summed E-state index contributed by atoms with van der Waals surface area (Å²) in [4.78, 5) is 3.42. The third-order valence-electron chi connectivity index (χ3n) is 2.22. The molecule has 0 fully saturated rings. The topological polar surface area (TPSA) is 15.3 Å². The van der Waals surface area contributed by atoms with Gasteiger partial charge in [-0.25, -0.2) is 0 Å². The Labute approximate surface area is 101 Å². The number of nitrogens with zero attached hydrogens (tertiary/aromatic N) is 1. The lowest BCUT2D eigenvalue weighted by molar-refractivity contribution is 0.349. The molecule has 0 saturated carbocycles. The fourth-order valence-corrected chi connectivity index (χ4v) is 2.67. The number of hydrogen-bond acceptors (Lipinski definition) is 3. The molecule has 0 aliphatic carbocycles. The third kappa shape index (κ3) is 4.11. The van der Waals surface area contributed by atoms with Crippen molar-refractivity contribution in [1.29, 1.82) is 0 Å². The number of nitrogens with one attached hydrogen (secondary N) is 1. The van der Waals surface area contributed by atoms with Gasteiger partial charge in [0.2, 0.25) is 0 Å². The minimum absolute atomic E-state index is 0.485. The molecule has 0 spiro atoms. The molecule has 2 nitrogen and oxygen atoms in total. The Bertz CT molecular complexity index is 310. The van der Waals surface area contributed by atoms with Crippen LogP contribution in [0.3, 0.4) is 0 Å². The number of hydrogen-bond donors (Lipinski definition) is 1. The average Bonchev–Trinajstić information content (AvgIpc) is 2.44. The molecule has 4 heteroatoms. The second-order valence-electron chi connectivity index (χ2n) is 4.20. The van der Waals surface area contributed by atoms with Crippen molar-refractivity contribution in [2.24, 2.45) is 0 Å². The van der Waals surface area contributed by atoms with E-state index in [2.05, 4.69) is 36.6 Å². The molecule has 0 bridgehead atoms. The van der Waals surface area contributed by atoms with Gasteiger partial charge in [0.1, 0.15) is 0 Å². The maximum atomic E-state index is 6.16. The minimum Gasteiger partial charge on any atom is -0.308 e. The van der Waals surface area contributed by atoms with Crippen LogP contribution in [0.2, 0.25) is 5.02 Å². The fourth-order valence-electron chi connectivity index (χ4n) is 1.48. The zero-order chi connectivity index (χ0) is 11.4. The molecule has 1 atom stereocenters. The zero-order valence-electron chi connectivity index (χ0n) is 9.80. The molecule has 1 unspecified atom stereocenters. The average molecular weight is 247 g/mol. The molecule has 0 radical (unpaired) electrons. The van der Waals surface area contributed by atoms with E-state index in [4.69, 9.17) is 11.6 Å². The largest absolute Gasteiger partial charge is 0.308 e. The first-order chi connectivity index (χ1) is 7.00. The molecule has 1 N–H and O–H groups in total. The molecular weight excluding hydrogens is 228 g/mol. The molecule has 1 heterocycles. The Morgan fingerprint density at radius 2 is 2.20 bits per heavy atom. The van der Waals surface area contributed by atoms with Gasteiger partial charge >= 0.3 is 0 Å². The molecular formula is C11H19ClN2S. The Balaban J connectivity index is 2.40. The summed E-state index contributed by atoms with van der Waals surface area (Å²) < 4.78 is 0. The molecule has 0 amide bonds. The van der Waals surface area contributed by atoms with E-state index in [0.717, 1.165) is 18.1 Å². The van der Waals surface area contributed by atoms with E-state index in [1.54, 1.807) is 11.3 Å². The van der Waals surface area contributed by atoms with Crippen LogP contribution in [-0.4, -0.2) is 31.6 Å². The second-order valence-corrected chi connectivity index (χ2v) is 5.54. The monoisotopic (exact) mass is 246 g/mol. The smallest absolute Gasteiger partial charge is 0.0587 e. The summed E-state index contributed by atoms with van der Waals surface area (Å²) in [5.74, 6) is 0. The Morgan fingerprint density at radius 1 is 1.53 bits per heavy atom. The third-order valence-corrected chi connectivity index (χ3v) is 3.96. The summed E-state index contributed by atoms with van der Waals surface area (Å²) in [6, 6.07) is 0.485. The van der Waals surface area contributed by atoms with Crippen LogP contribution in [0.4, 0.5) is 0 Å². The minimum atomic E-state index is 0.485. The Hall–Kier alpha value is -0.0900. The van der Waals surface area contributed by atoms with Gasteiger partial charge in [-0.05, 0) is 38.9 Å². The van der Waals surface area contributed by atoms with Crippen molar-refractivity contribution in [3.05, 3.63) is 20.8 Å². The van der Waals surface area contributed by atoms with Crippen LogP contribution in [0.1, 0.15) is 17.4 Å². The quantitative estimate of drug-likeness (QED) is 0.860. The van der Waals surface area contributed by atoms with E-state index >= 15 is 0 Å². The van der Waals surface area contributed by atoms with Gasteiger partial charge in [0.15, 0.2) is 0 Å². The lowest BCUT2D eigenvalue weighted by atomic mass is 10.3. The van der Waals surface area contributed by atoms with Crippen LogP contribution < -0.4 is 5.32 Å². The number of thiophene rings is 1. The maximum absolute atomic E-state index is 6.16. The van der Waals surface area contributed by atoms with E-state index in [9.17, 15) is 0 Å². The molecule has 0 aromatic carbocycles. The van der Waals surface area contributed by atoms with E-state index in [0.29, 0.717) is 6.04 Å². The van der Waals surface area contributed by atoms with Crippen LogP contribution in [0.5, 0.6) is 0 Å². The van der Waals surface area contributed by atoms with Crippen LogP contribution in [0.25, 0.3) is 0 Å². The van der Waals surface area contributed by atoms with E-state index in [1.165, 1.54) is 10.4 Å². The molecule has 1 rings (SSSR count). The predicted molar refractivity (Wildman–Crippen MR) is 68.9 cm³/mol. The van der Waals surface area contributed by atoms with Crippen molar-refractivity contribution in [2.45, 2.75) is 26.4 Å². The lowest BCUT2D eigenvalue weighted by Crippen LogP contribution is -2.35. The van der Waals surface area contributed by atoms with Gasteiger partial charge in [0, 0.05) is 24.0 Å². The molecule has 86 valence electrons. The van der Waals surface area contributed by atoms with Crippen LogP contribution >= 0.6 is 22.9 Å². The van der Waals surface area contributed by atoms with Gasteiger partial charge in [0.25, 0.3) is 0 Å². The number of aryl methyl sites for hydroxylation is 1. The van der Waals surface area contributed by atoms with Crippen molar-refractivity contribution in [3.63, 3.8) is 0 Å². The van der Waals surface area contributed by atoms with Gasteiger partial charge in [-0.3, -0.25) is 0 Å². The standard InChI is InChI=1S/C11H19ClN2S/c1-8-7-15-10(11(8)12)5-13-9(2)6-14(3)4/h7,9,13H,5-6H2,1-4H3. The van der Waals surface area contributed by atoms with Crippen LogP contribution in [0, 0.1) is 6.92 Å². The highest BCUT2D eigenvalue weighted by Crippen LogP contribution is 2.26. The summed E-state index contributed by atoms with van der Waals surface area (Å²) in [7, 11) is 4.17. The Morgan fingerprint density at radius 3 is 2.67 bits per heavy atom. The summed E-state index contributed by atoms with van der Waals surface area (Å²) in [5.41, 5.74) is 1.18. The Kier molecular flexibility index (Phi) is 5.06. The van der Waals surface area contributed by atoms with Gasteiger partial charge in [-0.1, -0.05) is 11.6 Å². The van der Waals surface area contributed by atoms with E-state index < -0.39 is 0 Å². The summed E-state index contributed by atoms with van der Waals surface area (Å²) in [6.07, 6.45) is 0. The highest BCUT2D eigenvalue weighted by atomic mass is 35.5. The summed E-state index contributed by atoms with van der Waals surface area (Å²) in [5, 5.41) is 6.50. The van der Waals surface area contributed by atoms with Gasteiger partial charge in [-0.15, -0.1) is 11.3 Å². The first kappa shape index (κ1) is 13.0. The van der Waals surface area contributed by atoms with Gasteiger partial charge in [0.05, 0.1) is 5.02 Å². The predicted octanol–water partition coefficient (Wildman–Crippen LogP) is 2.75. The zero-order valence-corrected chi connectivity index (χ0v) is 11.4. The fraction of sp³-hybridized carbons (Fsp3) is 0.636. The van der Waals surface area contributed by atoms with Crippen LogP contribution in [0.15, 0.2) is 5.38 Å². The number of rotatable bonds is 5. The molecule has 1 aromatic heterocycles. The molecule has 1 aromatic rings. The molecule has 15 heavy (non-hydrogen) atoms. The first-order valence-electron chi connectivity index (χ1n) is 5.11. The second kappa shape index (κ2) is 5.85. The highest BCUT2D eigenvalue weighted by molar-refractivity contribution is 7.10. The summed E-state index contributed by atoms with van der Waals surface area (Å²) >= 11 is 7.89. The van der Waals surface area contributed by atoms with E-state index in [1.807, 2.05) is 6.92 Å². The van der Waals surface area contributed by atoms with Crippen molar-refractivity contribution >= 4 is 22.9 Å². The number of halogens is 1. The lowest BCUT2D eigenvalue weighted by Gasteiger charge is -2.17. The van der Waals surface area contributed by atoms with Crippen molar-refractivity contribution in [1.82, 2.24) is 10.2 Å². The first-order valence-corrected chi connectivity index (χ1v) is 6.37. The molecule has 0 aliphatic rings. The van der Waals surface area contributed by atoms with Crippen molar-refractivity contribution < 1.29 is 0 Å². The SMILES string of the molecule is Cc1csc(CNC(C)CN(C)C)c1Cl.